The lowest BCUT2D eigenvalue weighted by atomic mass is 10.0. The number of H-pyrrole nitrogens is 1. The normalized spacial score (nSPS) is 12.1. The highest BCUT2D eigenvalue weighted by Gasteiger charge is 2.39. The number of amides is 1. The Bertz CT molecular complexity index is 1040. The molecule has 0 radical (unpaired) electrons. The van der Waals surface area contributed by atoms with Crippen LogP contribution in [0.4, 0.5) is 32.0 Å². The molecule has 3 rings (SSSR count). The summed E-state index contributed by atoms with van der Waals surface area (Å²) in [4.78, 5) is 13.7. The standard InChI is InChI=1S/C19H13F6N3OS/c1-28(17(29)14-10-26-27-16(14)18(20,21)22)15-5-3-2-4-13(15)11-6-8-12(9-7-11)30-19(23,24)25/h2-10H,1H3,(H,26,27). The van der Waals surface area contributed by atoms with Gasteiger partial charge in [0, 0.05) is 23.7 Å². The van der Waals surface area contributed by atoms with E-state index < -0.39 is 28.8 Å². The van der Waals surface area contributed by atoms with Crippen molar-refractivity contribution in [3.8, 4) is 11.1 Å². The summed E-state index contributed by atoms with van der Waals surface area (Å²) in [5, 5.41) is 5.16. The molecule has 4 nitrogen and oxygen atoms in total. The van der Waals surface area contributed by atoms with Crippen molar-refractivity contribution in [3.63, 3.8) is 0 Å². The summed E-state index contributed by atoms with van der Waals surface area (Å²) in [5.41, 5.74) is -5.14. The van der Waals surface area contributed by atoms with Gasteiger partial charge in [0.2, 0.25) is 0 Å². The van der Waals surface area contributed by atoms with Gasteiger partial charge in [0.1, 0.15) is 0 Å². The van der Waals surface area contributed by atoms with E-state index >= 15 is 0 Å². The van der Waals surface area contributed by atoms with Gasteiger partial charge in [0.05, 0.1) is 11.3 Å². The van der Waals surface area contributed by atoms with E-state index in [1.54, 1.807) is 18.2 Å². The Morgan fingerprint density at radius 3 is 2.23 bits per heavy atom. The van der Waals surface area contributed by atoms with Crippen LogP contribution in [0.1, 0.15) is 16.1 Å². The van der Waals surface area contributed by atoms with E-state index in [4.69, 9.17) is 0 Å². The molecule has 0 saturated carbocycles. The van der Waals surface area contributed by atoms with Crippen molar-refractivity contribution in [1.82, 2.24) is 10.2 Å². The number of aromatic amines is 1. The molecule has 30 heavy (non-hydrogen) atoms. The van der Waals surface area contributed by atoms with Gasteiger partial charge in [-0.1, -0.05) is 30.3 Å². The van der Waals surface area contributed by atoms with E-state index in [1.165, 1.54) is 37.4 Å². The minimum atomic E-state index is -4.81. The lowest BCUT2D eigenvalue weighted by molar-refractivity contribution is -0.141. The van der Waals surface area contributed by atoms with Crippen molar-refractivity contribution in [2.75, 3.05) is 11.9 Å². The monoisotopic (exact) mass is 445 g/mol. The lowest BCUT2D eigenvalue weighted by Gasteiger charge is -2.21. The van der Waals surface area contributed by atoms with Crippen molar-refractivity contribution in [1.29, 1.82) is 0 Å². The number of halogens is 6. The maximum Gasteiger partial charge on any atom is 0.446 e. The summed E-state index contributed by atoms with van der Waals surface area (Å²) in [7, 11) is 1.31. The number of anilines is 1. The van der Waals surface area contributed by atoms with Crippen LogP contribution in [-0.4, -0.2) is 28.7 Å². The van der Waals surface area contributed by atoms with E-state index in [0.29, 0.717) is 11.1 Å². The molecule has 3 aromatic rings. The number of carbonyl (C=O) groups excluding carboxylic acids is 1. The molecule has 0 saturated heterocycles. The molecule has 1 amide bonds. The van der Waals surface area contributed by atoms with Gasteiger partial charge in [-0.25, -0.2) is 0 Å². The predicted octanol–water partition coefficient (Wildman–Crippen LogP) is 5.98. The summed E-state index contributed by atoms with van der Waals surface area (Å²) >= 11 is -0.259. The summed E-state index contributed by atoms with van der Waals surface area (Å²) in [6, 6.07) is 11.8. The number of hydrogen-bond acceptors (Lipinski definition) is 3. The fourth-order valence-corrected chi connectivity index (χ4v) is 3.34. The third-order valence-electron chi connectivity index (χ3n) is 4.11. The molecule has 1 heterocycles. The average Bonchev–Trinajstić information content (AvgIpc) is 3.17. The van der Waals surface area contributed by atoms with E-state index in [2.05, 4.69) is 10.2 Å². The summed E-state index contributed by atoms with van der Waals surface area (Å²) in [5.74, 6) is -0.937. The fourth-order valence-electron chi connectivity index (χ4n) is 2.81. The third-order valence-corrected chi connectivity index (χ3v) is 4.85. The van der Waals surface area contributed by atoms with Gasteiger partial charge in [-0.2, -0.15) is 31.4 Å². The zero-order valence-corrected chi connectivity index (χ0v) is 16.0. The zero-order valence-electron chi connectivity index (χ0n) is 15.2. The van der Waals surface area contributed by atoms with Crippen LogP contribution in [0, 0.1) is 0 Å². The van der Waals surface area contributed by atoms with Crippen molar-refractivity contribution in [2.24, 2.45) is 0 Å². The first-order valence-electron chi connectivity index (χ1n) is 8.31. The highest BCUT2D eigenvalue weighted by atomic mass is 32.2. The van der Waals surface area contributed by atoms with Gasteiger partial charge in [-0.3, -0.25) is 9.89 Å². The van der Waals surface area contributed by atoms with Gasteiger partial charge in [-0.05, 0) is 35.5 Å². The maximum absolute atomic E-state index is 13.1. The molecule has 0 atom stereocenters. The lowest BCUT2D eigenvalue weighted by Crippen LogP contribution is -2.28. The molecule has 0 aliphatic carbocycles. The van der Waals surface area contributed by atoms with Gasteiger partial charge < -0.3 is 4.90 Å². The average molecular weight is 445 g/mol. The second kappa shape index (κ2) is 8.05. The molecule has 0 bridgehead atoms. The first-order valence-corrected chi connectivity index (χ1v) is 9.13. The Morgan fingerprint density at radius 1 is 1.00 bits per heavy atom. The summed E-state index contributed by atoms with van der Waals surface area (Å²) in [6.07, 6.45) is -3.94. The summed E-state index contributed by atoms with van der Waals surface area (Å²) in [6.45, 7) is 0. The SMILES string of the molecule is CN(C(=O)c1c[nH]nc1C(F)(F)F)c1ccccc1-c1ccc(SC(F)(F)F)cc1. The Kier molecular flexibility index (Phi) is 5.84. The highest BCUT2D eigenvalue weighted by molar-refractivity contribution is 8.00. The number of nitrogens with one attached hydrogen (secondary N) is 1. The van der Waals surface area contributed by atoms with Crippen LogP contribution in [-0.2, 0) is 6.18 Å². The molecule has 0 unspecified atom stereocenters. The quantitative estimate of drug-likeness (QED) is 0.397. The molecule has 2 aromatic carbocycles. The first-order chi connectivity index (χ1) is 14.0. The molecule has 1 aromatic heterocycles. The second-order valence-corrected chi connectivity index (χ2v) is 7.24. The number of nitrogens with zero attached hydrogens (tertiary/aromatic N) is 2. The topological polar surface area (TPSA) is 49.0 Å². The van der Waals surface area contributed by atoms with E-state index in [0.717, 1.165) is 11.1 Å². The second-order valence-electron chi connectivity index (χ2n) is 6.10. The molecule has 158 valence electrons. The minimum absolute atomic E-state index is 0.0126. The van der Waals surface area contributed by atoms with Crippen LogP contribution < -0.4 is 4.90 Å². The van der Waals surface area contributed by atoms with Crippen LogP contribution >= 0.6 is 11.8 Å². The van der Waals surface area contributed by atoms with Crippen molar-refractivity contribution in [2.45, 2.75) is 16.6 Å². The first kappa shape index (κ1) is 21.8. The number of rotatable bonds is 4. The van der Waals surface area contributed by atoms with Crippen LogP contribution in [0.25, 0.3) is 11.1 Å². The number of carbonyl (C=O) groups is 1. The van der Waals surface area contributed by atoms with Crippen molar-refractivity contribution < 1.29 is 31.1 Å². The van der Waals surface area contributed by atoms with Crippen LogP contribution in [0.15, 0.2) is 59.6 Å². The van der Waals surface area contributed by atoms with Gasteiger partial charge in [-0.15, -0.1) is 0 Å². The number of hydrogen-bond donors (Lipinski definition) is 1. The molecule has 0 aliphatic heterocycles. The number of para-hydroxylation sites is 1. The molecular weight excluding hydrogens is 432 g/mol. The number of alkyl halides is 6. The molecule has 1 N–H and O–H groups in total. The van der Waals surface area contributed by atoms with E-state index in [9.17, 15) is 31.1 Å². The molecule has 11 heteroatoms. The number of thioether (sulfide) groups is 1. The number of benzene rings is 2. The van der Waals surface area contributed by atoms with Gasteiger partial charge in [0.25, 0.3) is 5.91 Å². The maximum atomic E-state index is 13.1. The van der Waals surface area contributed by atoms with Gasteiger partial charge >= 0.3 is 11.7 Å². The van der Waals surface area contributed by atoms with Crippen molar-refractivity contribution in [3.05, 3.63) is 66.0 Å². The Morgan fingerprint density at radius 2 is 1.63 bits per heavy atom. The zero-order chi connectivity index (χ0) is 22.1. The Balaban J connectivity index is 1.94. The number of aromatic nitrogens is 2. The molecule has 0 spiro atoms. The fraction of sp³-hybridized carbons (Fsp3) is 0.158. The molecule has 0 fully saturated rings. The van der Waals surface area contributed by atoms with Gasteiger partial charge in [0.15, 0.2) is 5.69 Å². The molecule has 0 aliphatic rings. The summed E-state index contributed by atoms with van der Waals surface area (Å²) < 4.78 is 76.7. The Hall–Kier alpha value is -2.95. The smallest absolute Gasteiger partial charge is 0.311 e. The van der Waals surface area contributed by atoms with Crippen molar-refractivity contribution >= 4 is 23.4 Å². The van der Waals surface area contributed by atoms with Crippen LogP contribution in [0.3, 0.4) is 0 Å². The minimum Gasteiger partial charge on any atom is -0.311 e. The van der Waals surface area contributed by atoms with Crippen LogP contribution in [0.5, 0.6) is 0 Å². The Labute approximate surface area is 170 Å². The largest absolute Gasteiger partial charge is 0.446 e. The van der Waals surface area contributed by atoms with E-state index in [-0.39, 0.29) is 22.3 Å². The highest BCUT2D eigenvalue weighted by Crippen LogP contribution is 2.39. The third kappa shape index (κ3) is 4.78. The van der Waals surface area contributed by atoms with E-state index in [1.807, 2.05) is 0 Å². The predicted molar refractivity (Wildman–Crippen MR) is 100 cm³/mol. The van der Waals surface area contributed by atoms with Crippen LogP contribution in [0.2, 0.25) is 0 Å². The molecular formula is C19H13F6N3OS.